The summed E-state index contributed by atoms with van der Waals surface area (Å²) < 4.78 is 40.1. The second-order valence-corrected chi connectivity index (χ2v) is 12.5. The summed E-state index contributed by atoms with van der Waals surface area (Å²) in [7, 11) is 0. The number of rotatable bonds is 10. The molecule has 2 aromatic carbocycles. The van der Waals surface area contributed by atoms with Crippen molar-refractivity contribution in [1.82, 2.24) is 14.9 Å². The predicted molar refractivity (Wildman–Crippen MR) is 169 cm³/mol. The molecule has 0 unspecified atom stereocenters. The molecule has 2 aromatic heterocycles. The molecule has 3 fully saturated rings. The van der Waals surface area contributed by atoms with Gasteiger partial charge in [0, 0.05) is 69.6 Å². The maximum absolute atomic E-state index is 15.2. The van der Waals surface area contributed by atoms with E-state index in [-0.39, 0.29) is 41.5 Å². The summed E-state index contributed by atoms with van der Waals surface area (Å²) in [5.41, 5.74) is 0.510. The molecule has 1 saturated carbocycles. The summed E-state index contributed by atoms with van der Waals surface area (Å²) in [6.07, 6.45) is 6.34. The first-order valence-electron chi connectivity index (χ1n) is 16.0. The standard InChI is InChI=1S/C36H36F2N4O4/c37-26-4-1-24(2-5-26)19-33(43)36(10-11-36)34(44)20-25-3-6-28(21-30(25)38)46-32-7-12-39-31-22-35(40-23-29(31)32)42-13-8-27(9-14-42)41-15-17-45-18-16-41/h1-7,12,21-23,27H,8-11,13-20H2. The summed E-state index contributed by atoms with van der Waals surface area (Å²) >= 11 is 0. The lowest BCUT2D eigenvalue weighted by Crippen LogP contribution is -2.49. The number of fused-ring (bicyclic) bond motifs is 1. The quantitative estimate of drug-likeness (QED) is 0.207. The Kier molecular flexibility index (Phi) is 8.48. The van der Waals surface area contributed by atoms with Crippen molar-refractivity contribution in [3.63, 3.8) is 0 Å². The third-order valence-electron chi connectivity index (χ3n) is 9.62. The van der Waals surface area contributed by atoms with Gasteiger partial charge in [0.15, 0.2) is 11.6 Å². The molecule has 10 heteroatoms. The highest BCUT2D eigenvalue weighted by Gasteiger charge is 2.54. The Morgan fingerprint density at radius 2 is 1.63 bits per heavy atom. The fourth-order valence-corrected chi connectivity index (χ4v) is 6.67. The molecular weight excluding hydrogens is 590 g/mol. The van der Waals surface area contributed by atoms with Crippen LogP contribution in [0.2, 0.25) is 0 Å². The number of carbonyl (C=O) groups excluding carboxylic acids is 2. The van der Waals surface area contributed by atoms with Crippen molar-refractivity contribution >= 4 is 28.3 Å². The first-order chi connectivity index (χ1) is 22.4. The molecule has 2 aliphatic heterocycles. The molecule has 0 radical (unpaired) electrons. The van der Waals surface area contributed by atoms with E-state index >= 15 is 4.39 Å². The summed E-state index contributed by atoms with van der Waals surface area (Å²) in [5, 5.41) is 0.712. The van der Waals surface area contributed by atoms with Crippen molar-refractivity contribution in [1.29, 1.82) is 0 Å². The molecule has 238 valence electrons. The topological polar surface area (TPSA) is 84.9 Å². The number of benzene rings is 2. The first kappa shape index (κ1) is 30.4. The van der Waals surface area contributed by atoms with Gasteiger partial charge in [0.25, 0.3) is 0 Å². The lowest BCUT2D eigenvalue weighted by molar-refractivity contribution is -0.133. The highest BCUT2D eigenvalue weighted by atomic mass is 19.1. The molecule has 7 rings (SSSR count). The van der Waals surface area contributed by atoms with Crippen molar-refractivity contribution in [2.75, 3.05) is 44.3 Å². The number of aromatic nitrogens is 2. The molecule has 0 bridgehead atoms. The van der Waals surface area contributed by atoms with Gasteiger partial charge in [-0.25, -0.2) is 13.8 Å². The smallest absolute Gasteiger partial charge is 0.150 e. The minimum absolute atomic E-state index is 0.0466. The van der Waals surface area contributed by atoms with E-state index in [9.17, 15) is 14.0 Å². The number of anilines is 1. The molecule has 2 saturated heterocycles. The molecule has 46 heavy (non-hydrogen) atoms. The van der Waals surface area contributed by atoms with Crippen molar-refractivity contribution in [2.24, 2.45) is 5.41 Å². The second kappa shape index (κ2) is 12.8. The number of piperidine rings is 1. The minimum atomic E-state index is -1.09. The Labute approximate surface area is 266 Å². The van der Waals surface area contributed by atoms with Crippen LogP contribution in [0, 0.1) is 17.0 Å². The number of carbonyl (C=O) groups is 2. The number of hydrogen-bond acceptors (Lipinski definition) is 8. The average Bonchev–Trinajstić information content (AvgIpc) is 3.90. The third kappa shape index (κ3) is 6.37. The largest absolute Gasteiger partial charge is 0.456 e. The lowest BCUT2D eigenvalue weighted by Gasteiger charge is -2.40. The average molecular weight is 627 g/mol. The van der Waals surface area contributed by atoms with E-state index in [1.165, 1.54) is 24.3 Å². The summed E-state index contributed by atoms with van der Waals surface area (Å²) in [5.74, 6) is 0.202. The van der Waals surface area contributed by atoms with E-state index in [1.807, 2.05) is 6.07 Å². The van der Waals surface area contributed by atoms with Gasteiger partial charge >= 0.3 is 0 Å². The number of halogens is 2. The molecule has 0 amide bonds. The van der Waals surface area contributed by atoms with Gasteiger partial charge in [-0.3, -0.25) is 19.5 Å². The Balaban J connectivity index is 0.990. The minimum Gasteiger partial charge on any atom is -0.456 e. The Morgan fingerprint density at radius 3 is 2.35 bits per heavy atom. The van der Waals surface area contributed by atoms with Crippen LogP contribution in [0.1, 0.15) is 36.8 Å². The van der Waals surface area contributed by atoms with Gasteiger partial charge in [-0.2, -0.15) is 0 Å². The lowest BCUT2D eigenvalue weighted by atomic mass is 9.88. The zero-order valence-electron chi connectivity index (χ0n) is 25.6. The van der Waals surface area contributed by atoms with Crippen LogP contribution >= 0.6 is 0 Å². The number of morpholine rings is 1. The van der Waals surface area contributed by atoms with Gasteiger partial charge in [-0.05, 0) is 61.1 Å². The predicted octanol–water partition coefficient (Wildman–Crippen LogP) is 5.70. The van der Waals surface area contributed by atoms with Crippen LogP contribution in [0.25, 0.3) is 10.9 Å². The summed E-state index contributed by atoms with van der Waals surface area (Å²) in [6.45, 7) is 5.46. The number of ether oxygens (including phenoxy) is 2. The van der Waals surface area contributed by atoms with E-state index in [4.69, 9.17) is 14.5 Å². The second-order valence-electron chi connectivity index (χ2n) is 12.5. The van der Waals surface area contributed by atoms with E-state index < -0.39 is 11.2 Å². The van der Waals surface area contributed by atoms with Crippen LogP contribution in [0.3, 0.4) is 0 Å². The van der Waals surface area contributed by atoms with Crippen molar-refractivity contribution < 1.29 is 27.8 Å². The van der Waals surface area contributed by atoms with Crippen LogP contribution in [0.5, 0.6) is 11.5 Å². The zero-order valence-corrected chi connectivity index (χ0v) is 25.6. The van der Waals surface area contributed by atoms with E-state index in [2.05, 4.69) is 14.8 Å². The molecule has 0 spiro atoms. The molecule has 8 nitrogen and oxygen atoms in total. The van der Waals surface area contributed by atoms with Gasteiger partial charge in [0.05, 0.1) is 29.5 Å². The van der Waals surface area contributed by atoms with Gasteiger partial charge in [-0.1, -0.05) is 18.2 Å². The van der Waals surface area contributed by atoms with Crippen LogP contribution in [-0.2, 0) is 27.2 Å². The molecule has 4 heterocycles. The number of hydrogen-bond donors (Lipinski definition) is 0. The molecule has 1 aliphatic carbocycles. The molecular formula is C36H36F2N4O4. The van der Waals surface area contributed by atoms with Crippen molar-refractivity contribution in [3.05, 3.63) is 89.8 Å². The maximum Gasteiger partial charge on any atom is 0.150 e. The highest BCUT2D eigenvalue weighted by Crippen LogP contribution is 2.49. The first-order valence-corrected chi connectivity index (χ1v) is 16.0. The van der Waals surface area contributed by atoms with E-state index in [0.29, 0.717) is 35.6 Å². The summed E-state index contributed by atoms with van der Waals surface area (Å²) in [4.78, 5) is 40.3. The molecule has 0 atom stereocenters. The van der Waals surface area contributed by atoms with E-state index in [1.54, 1.807) is 36.7 Å². The third-order valence-corrected chi connectivity index (χ3v) is 9.62. The number of ketones is 2. The van der Waals surface area contributed by atoms with Gasteiger partial charge in [-0.15, -0.1) is 0 Å². The van der Waals surface area contributed by atoms with Crippen LogP contribution in [0.4, 0.5) is 14.6 Å². The maximum atomic E-state index is 15.2. The van der Waals surface area contributed by atoms with Crippen molar-refractivity contribution in [3.8, 4) is 11.5 Å². The van der Waals surface area contributed by atoms with Crippen LogP contribution < -0.4 is 9.64 Å². The zero-order chi connectivity index (χ0) is 31.7. The number of Topliss-reactive ketones (excluding diaryl/α,β-unsaturated/α-hetero) is 2. The fourth-order valence-electron chi connectivity index (χ4n) is 6.67. The van der Waals surface area contributed by atoms with Gasteiger partial charge in [0.1, 0.15) is 29.0 Å². The van der Waals surface area contributed by atoms with Gasteiger partial charge < -0.3 is 14.4 Å². The normalized spacial score (nSPS) is 18.4. The van der Waals surface area contributed by atoms with E-state index in [0.717, 1.165) is 63.6 Å². The van der Waals surface area contributed by atoms with Crippen molar-refractivity contribution in [2.45, 2.75) is 44.6 Å². The Morgan fingerprint density at radius 1 is 0.891 bits per heavy atom. The van der Waals surface area contributed by atoms with Crippen LogP contribution in [0.15, 0.2) is 67.0 Å². The monoisotopic (exact) mass is 626 g/mol. The van der Waals surface area contributed by atoms with Gasteiger partial charge in [0.2, 0.25) is 0 Å². The molecule has 0 N–H and O–H groups in total. The van der Waals surface area contributed by atoms with Crippen LogP contribution in [-0.4, -0.2) is 71.9 Å². The SMILES string of the molecule is O=C(Cc1ccc(F)cc1)C1(C(=O)Cc2ccc(Oc3ccnc4cc(N5CCC(N6CCOCC6)CC5)ncc34)cc2F)CC1. The number of nitrogens with zero attached hydrogens (tertiary/aromatic N) is 4. The Bertz CT molecular complexity index is 1750. The molecule has 4 aromatic rings. The molecule has 3 aliphatic rings. The Hall–Kier alpha value is -4.28. The summed E-state index contributed by atoms with van der Waals surface area (Å²) in [6, 6.07) is 14.4. The fraction of sp³-hybridized carbons (Fsp3) is 0.389. The highest BCUT2D eigenvalue weighted by molar-refractivity contribution is 6.11. The number of pyridine rings is 2.